The summed E-state index contributed by atoms with van der Waals surface area (Å²) < 4.78 is 12.7. The quantitative estimate of drug-likeness (QED) is 0.469. The minimum absolute atomic E-state index is 0.0664. The molecule has 1 N–H and O–H groups in total. The number of hydrogen-bond donors (Lipinski definition) is 1. The van der Waals surface area contributed by atoms with Gasteiger partial charge in [-0.1, -0.05) is 48.5 Å². The molecular weight excluding hydrogens is 416 g/mol. The van der Waals surface area contributed by atoms with Gasteiger partial charge in [0.15, 0.2) is 5.76 Å². The highest BCUT2D eigenvalue weighted by atomic mass is 16.5. The van der Waals surface area contributed by atoms with Crippen molar-refractivity contribution in [2.45, 2.75) is 6.04 Å². The molecule has 0 radical (unpaired) electrons. The standard InChI is InChI=1S/C26H26N4O3/c31-26(27-19-24(20-8-3-1-4-9-20)29-13-16-32-17-14-29)23-18-22(25-12-7-15-33-25)28-30(23)21-10-5-2-6-11-21/h1-12,15,18,24H,13-14,16-17,19H2,(H,27,31). The molecule has 7 heteroatoms. The highest BCUT2D eigenvalue weighted by Gasteiger charge is 2.25. The second-order valence-corrected chi connectivity index (χ2v) is 7.92. The second-order valence-electron chi connectivity index (χ2n) is 7.92. The van der Waals surface area contributed by atoms with Crippen LogP contribution in [0, 0.1) is 0 Å². The average molecular weight is 443 g/mol. The summed E-state index contributed by atoms with van der Waals surface area (Å²) in [4.78, 5) is 15.8. The summed E-state index contributed by atoms with van der Waals surface area (Å²) in [6, 6.07) is 25.4. The van der Waals surface area contributed by atoms with Crippen molar-refractivity contribution in [1.29, 1.82) is 0 Å². The maximum Gasteiger partial charge on any atom is 0.270 e. The van der Waals surface area contributed by atoms with E-state index in [2.05, 4.69) is 27.4 Å². The molecule has 0 saturated carbocycles. The van der Waals surface area contributed by atoms with E-state index in [-0.39, 0.29) is 11.9 Å². The normalized spacial score (nSPS) is 15.3. The molecule has 1 aliphatic heterocycles. The third kappa shape index (κ3) is 4.74. The summed E-state index contributed by atoms with van der Waals surface area (Å²) in [5, 5.41) is 7.81. The fourth-order valence-electron chi connectivity index (χ4n) is 4.16. The second kappa shape index (κ2) is 9.85. The van der Waals surface area contributed by atoms with Crippen molar-refractivity contribution in [3.63, 3.8) is 0 Å². The third-order valence-electron chi connectivity index (χ3n) is 5.84. The minimum atomic E-state index is -0.182. The van der Waals surface area contributed by atoms with Crippen molar-refractivity contribution in [3.05, 3.63) is 96.4 Å². The van der Waals surface area contributed by atoms with E-state index in [1.165, 1.54) is 5.56 Å². The minimum Gasteiger partial charge on any atom is -0.463 e. The Kier molecular flexibility index (Phi) is 6.32. The summed E-state index contributed by atoms with van der Waals surface area (Å²) in [5.41, 5.74) is 3.06. The lowest BCUT2D eigenvalue weighted by Gasteiger charge is -2.34. The fourth-order valence-corrected chi connectivity index (χ4v) is 4.16. The molecule has 1 fully saturated rings. The maximum absolute atomic E-state index is 13.4. The Labute approximate surface area is 192 Å². The molecule has 168 valence electrons. The van der Waals surface area contributed by atoms with Crippen LogP contribution < -0.4 is 5.32 Å². The number of aromatic nitrogens is 2. The first-order valence-corrected chi connectivity index (χ1v) is 11.1. The molecule has 1 amide bonds. The third-order valence-corrected chi connectivity index (χ3v) is 5.84. The summed E-state index contributed by atoms with van der Waals surface area (Å²) in [6.07, 6.45) is 1.60. The monoisotopic (exact) mass is 442 g/mol. The van der Waals surface area contributed by atoms with Crippen LogP contribution in [0.25, 0.3) is 17.1 Å². The van der Waals surface area contributed by atoms with Crippen LogP contribution in [0.3, 0.4) is 0 Å². The van der Waals surface area contributed by atoms with Crippen LogP contribution in [0.1, 0.15) is 22.1 Å². The number of carbonyl (C=O) groups is 1. The molecular formula is C26H26N4O3. The predicted molar refractivity (Wildman–Crippen MR) is 125 cm³/mol. The number of amides is 1. The van der Waals surface area contributed by atoms with E-state index in [0.29, 0.717) is 36.9 Å². The van der Waals surface area contributed by atoms with Gasteiger partial charge in [0.25, 0.3) is 5.91 Å². The van der Waals surface area contributed by atoms with Gasteiger partial charge in [-0.25, -0.2) is 4.68 Å². The molecule has 2 aromatic heterocycles. The number of benzene rings is 2. The fraction of sp³-hybridized carbons (Fsp3) is 0.231. The van der Waals surface area contributed by atoms with E-state index in [9.17, 15) is 4.79 Å². The Morgan fingerprint density at radius 2 is 1.70 bits per heavy atom. The first kappa shape index (κ1) is 21.2. The summed E-state index contributed by atoms with van der Waals surface area (Å²) in [7, 11) is 0. The number of morpholine rings is 1. The average Bonchev–Trinajstić information content (AvgIpc) is 3.56. The van der Waals surface area contributed by atoms with Gasteiger partial charge in [0.1, 0.15) is 11.4 Å². The van der Waals surface area contributed by atoms with Crippen LogP contribution in [0.2, 0.25) is 0 Å². The van der Waals surface area contributed by atoms with Crippen molar-refractivity contribution in [2.75, 3.05) is 32.8 Å². The molecule has 5 rings (SSSR count). The number of carbonyl (C=O) groups excluding carboxylic acids is 1. The molecule has 33 heavy (non-hydrogen) atoms. The van der Waals surface area contributed by atoms with Crippen molar-refractivity contribution < 1.29 is 13.9 Å². The van der Waals surface area contributed by atoms with Gasteiger partial charge < -0.3 is 14.5 Å². The SMILES string of the molecule is O=C(NCC(c1ccccc1)N1CCOCC1)c1cc(-c2ccco2)nn1-c1ccccc1. The van der Waals surface area contributed by atoms with Gasteiger partial charge in [-0.15, -0.1) is 0 Å². The van der Waals surface area contributed by atoms with Gasteiger partial charge in [-0.3, -0.25) is 9.69 Å². The molecule has 1 saturated heterocycles. The molecule has 1 unspecified atom stereocenters. The number of nitrogens with zero attached hydrogens (tertiary/aromatic N) is 3. The van der Waals surface area contributed by atoms with E-state index >= 15 is 0 Å². The van der Waals surface area contributed by atoms with Crippen molar-refractivity contribution in [1.82, 2.24) is 20.0 Å². The molecule has 0 aliphatic carbocycles. The van der Waals surface area contributed by atoms with E-state index in [1.807, 2.05) is 60.7 Å². The zero-order valence-corrected chi connectivity index (χ0v) is 18.3. The first-order valence-electron chi connectivity index (χ1n) is 11.1. The Bertz CT molecular complexity index is 1170. The number of furan rings is 1. The summed E-state index contributed by atoms with van der Waals surface area (Å²) >= 11 is 0. The van der Waals surface area contributed by atoms with Gasteiger partial charge in [0.2, 0.25) is 0 Å². The lowest BCUT2D eigenvalue weighted by Crippen LogP contribution is -2.44. The van der Waals surface area contributed by atoms with Gasteiger partial charge in [-0.2, -0.15) is 5.10 Å². The number of ether oxygens (including phenoxy) is 1. The Hall–Kier alpha value is -3.68. The highest BCUT2D eigenvalue weighted by molar-refractivity contribution is 5.94. The first-order chi connectivity index (χ1) is 16.3. The van der Waals surface area contributed by atoms with Crippen molar-refractivity contribution >= 4 is 5.91 Å². The topological polar surface area (TPSA) is 72.5 Å². The number of rotatable bonds is 7. The van der Waals surface area contributed by atoms with Crippen LogP contribution in [0.4, 0.5) is 0 Å². The zero-order chi connectivity index (χ0) is 22.5. The Balaban J connectivity index is 1.41. The molecule has 3 heterocycles. The lowest BCUT2D eigenvalue weighted by atomic mass is 10.0. The van der Waals surface area contributed by atoms with Crippen LogP contribution in [-0.4, -0.2) is 53.4 Å². The highest BCUT2D eigenvalue weighted by Crippen LogP contribution is 2.24. The predicted octanol–water partition coefficient (Wildman–Crippen LogP) is 3.94. The smallest absolute Gasteiger partial charge is 0.270 e. The van der Waals surface area contributed by atoms with E-state index < -0.39 is 0 Å². The molecule has 2 aromatic carbocycles. The molecule has 7 nitrogen and oxygen atoms in total. The van der Waals surface area contributed by atoms with E-state index in [4.69, 9.17) is 9.15 Å². The van der Waals surface area contributed by atoms with Crippen LogP contribution in [0.5, 0.6) is 0 Å². The summed E-state index contributed by atoms with van der Waals surface area (Å²) in [6.45, 7) is 3.55. The van der Waals surface area contributed by atoms with Crippen molar-refractivity contribution in [2.24, 2.45) is 0 Å². The molecule has 1 atom stereocenters. The molecule has 4 aromatic rings. The van der Waals surface area contributed by atoms with Crippen LogP contribution >= 0.6 is 0 Å². The van der Waals surface area contributed by atoms with Gasteiger partial charge in [0, 0.05) is 25.7 Å². The van der Waals surface area contributed by atoms with Crippen molar-refractivity contribution in [3.8, 4) is 17.1 Å². The zero-order valence-electron chi connectivity index (χ0n) is 18.3. The van der Waals surface area contributed by atoms with E-state index in [1.54, 1.807) is 17.0 Å². The summed E-state index contributed by atoms with van der Waals surface area (Å²) in [5.74, 6) is 0.438. The number of nitrogens with one attached hydrogen (secondary N) is 1. The molecule has 0 spiro atoms. The number of hydrogen-bond acceptors (Lipinski definition) is 5. The number of para-hydroxylation sites is 1. The molecule has 1 aliphatic rings. The Morgan fingerprint density at radius 3 is 2.39 bits per heavy atom. The van der Waals surface area contributed by atoms with Crippen LogP contribution in [-0.2, 0) is 4.74 Å². The molecule has 0 bridgehead atoms. The van der Waals surface area contributed by atoms with Gasteiger partial charge in [-0.05, 0) is 29.8 Å². The largest absolute Gasteiger partial charge is 0.463 e. The lowest BCUT2D eigenvalue weighted by molar-refractivity contribution is 0.0162. The van der Waals surface area contributed by atoms with Crippen LogP contribution in [0.15, 0.2) is 89.5 Å². The van der Waals surface area contributed by atoms with Gasteiger partial charge in [0.05, 0.1) is 31.2 Å². The Morgan fingerprint density at radius 1 is 0.970 bits per heavy atom. The van der Waals surface area contributed by atoms with E-state index in [0.717, 1.165) is 18.8 Å². The van der Waals surface area contributed by atoms with Gasteiger partial charge >= 0.3 is 0 Å². The maximum atomic E-state index is 13.4.